The molecule has 1 aromatic rings. The average Bonchev–Trinajstić information content (AvgIpc) is 2.75. The van der Waals surface area contributed by atoms with Crippen LogP contribution in [0, 0.1) is 5.92 Å². The van der Waals surface area contributed by atoms with Crippen LogP contribution in [0.15, 0.2) is 12.5 Å². The minimum absolute atomic E-state index is 0.0235. The fourth-order valence-electron chi connectivity index (χ4n) is 2.06. The van der Waals surface area contributed by atoms with E-state index in [9.17, 15) is 4.79 Å². The Kier molecular flexibility index (Phi) is 3.49. The number of nitrogens with zero attached hydrogens (tertiary/aromatic N) is 3. The summed E-state index contributed by atoms with van der Waals surface area (Å²) in [6, 6.07) is 0. The molecule has 1 aliphatic heterocycles. The molecule has 1 amide bonds. The van der Waals surface area contributed by atoms with Gasteiger partial charge in [0.1, 0.15) is 5.69 Å². The quantitative estimate of drug-likeness (QED) is 0.737. The molecule has 2 rings (SSSR count). The van der Waals surface area contributed by atoms with E-state index in [1.165, 1.54) is 0 Å². The zero-order chi connectivity index (χ0) is 11.5. The summed E-state index contributed by atoms with van der Waals surface area (Å²) in [6.07, 6.45) is 5.56. The first-order valence-corrected chi connectivity index (χ1v) is 6.07. The van der Waals surface area contributed by atoms with Crippen molar-refractivity contribution in [2.75, 3.05) is 19.0 Å². The molecule has 0 saturated carbocycles. The van der Waals surface area contributed by atoms with Gasteiger partial charge in [-0.1, -0.05) is 0 Å². The van der Waals surface area contributed by atoms with Crippen molar-refractivity contribution in [1.82, 2.24) is 14.5 Å². The van der Waals surface area contributed by atoms with Gasteiger partial charge in [-0.3, -0.25) is 4.79 Å². The van der Waals surface area contributed by atoms with Crippen LogP contribution in [0.5, 0.6) is 0 Å². The normalized spacial score (nSPS) is 21.1. The van der Waals surface area contributed by atoms with Crippen molar-refractivity contribution in [3.05, 3.63) is 18.2 Å². The van der Waals surface area contributed by atoms with Crippen LogP contribution in [0.25, 0.3) is 0 Å². The summed E-state index contributed by atoms with van der Waals surface area (Å²) in [6.45, 7) is 1.59. The van der Waals surface area contributed by atoms with Gasteiger partial charge in [0.2, 0.25) is 0 Å². The van der Waals surface area contributed by atoms with E-state index >= 15 is 0 Å². The van der Waals surface area contributed by atoms with Crippen LogP contribution in [0.3, 0.4) is 0 Å². The van der Waals surface area contributed by atoms with Crippen molar-refractivity contribution in [2.45, 2.75) is 12.8 Å². The number of likely N-dealkylation sites (tertiary alicyclic amines) is 1. The summed E-state index contributed by atoms with van der Waals surface area (Å²) in [7, 11) is 1.86. The number of imidazole rings is 1. The van der Waals surface area contributed by atoms with Crippen molar-refractivity contribution in [1.29, 1.82) is 0 Å². The van der Waals surface area contributed by atoms with Gasteiger partial charge in [-0.05, 0) is 18.8 Å². The number of carbonyl (C=O) groups is 1. The SMILES string of the molecule is Cn1cnc(C(=O)N2CCCC(CCl)C2)c1. The topological polar surface area (TPSA) is 38.1 Å². The van der Waals surface area contributed by atoms with E-state index in [0.717, 1.165) is 25.9 Å². The molecule has 0 N–H and O–H groups in total. The summed E-state index contributed by atoms with van der Waals surface area (Å²) in [4.78, 5) is 18.0. The zero-order valence-electron chi connectivity index (χ0n) is 9.40. The lowest BCUT2D eigenvalue weighted by Crippen LogP contribution is -2.40. The molecule has 1 saturated heterocycles. The molecular formula is C11H16ClN3O. The number of hydrogen-bond donors (Lipinski definition) is 0. The molecule has 0 bridgehead atoms. The summed E-state index contributed by atoms with van der Waals surface area (Å²) in [5, 5.41) is 0. The number of halogens is 1. The molecule has 5 heteroatoms. The summed E-state index contributed by atoms with van der Waals surface area (Å²) < 4.78 is 1.79. The van der Waals surface area contributed by atoms with Crippen molar-refractivity contribution < 1.29 is 4.79 Å². The second-order valence-electron chi connectivity index (χ2n) is 4.34. The molecule has 1 atom stereocenters. The highest BCUT2D eigenvalue weighted by molar-refractivity contribution is 6.18. The lowest BCUT2D eigenvalue weighted by molar-refractivity contribution is 0.0679. The fraction of sp³-hybridized carbons (Fsp3) is 0.636. The maximum absolute atomic E-state index is 12.1. The Hall–Kier alpha value is -1.03. The predicted octanol–water partition coefficient (Wildman–Crippen LogP) is 1.51. The zero-order valence-corrected chi connectivity index (χ0v) is 10.2. The highest BCUT2D eigenvalue weighted by atomic mass is 35.5. The second kappa shape index (κ2) is 4.87. The van der Waals surface area contributed by atoms with E-state index in [-0.39, 0.29) is 5.91 Å². The largest absolute Gasteiger partial charge is 0.340 e. The molecule has 0 radical (unpaired) electrons. The number of amides is 1. The number of aryl methyl sites for hydroxylation is 1. The summed E-state index contributed by atoms with van der Waals surface area (Å²) >= 11 is 5.84. The lowest BCUT2D eigenvalue weighted by Gasteiger charge is -2.31. The van der Waals surface area contributed by atoms with E-state index in [4.69, 9.17) is 11.6 Å². The summed E-state index contributed by atoms with van der Waals surface area (Å²) in [5.41, 5.74) is 0.526. The number of aromatic nitrogens is 2. The number of piperidine rings is 1. The first-order valence-electron chi connectivity index (χ1n) is 5.54. The van der Waals surface area contributed by atoms with E-state index in [1.807, 2.05) is 11.9 Å². The van der Waals surface area contributed by atoms with Crippen molar-refractivity contribution in [3.63, 3.8) is 0 Å². The van der Waals surface area contributed by atoms with Gasteiger partial charge < -0.3 is 9.47 Å². The Morgan fingerprint density at radius 3 is 3.12 bits per heavy atom. The van der Waals surface area contributed by atoms with Crippen LogP contribution in [0.4, 0.5) is 0 Å². The van der Waals surface area contributed by atoms with Gasteiger partial charge in [-0.2, -0.15) is 0 Å². The minimum atomic E-state index is 0.0235. The highest BCUT2D eigenvalue weighted by Gasteiger charge is 2.24. The molecule has 1 aliphatic rings. The van der Waals surface area contributed by atoms with Crippen LogP contribution in [0.1, 0.15) is 23.3 Å². The third-order valence-electron chi connectivity index (χ3n) is 2.95. The van der Waals surface area contributed by atoms with Crippen LogP contribution in [-0.4, -0.2) is 39.3 Å². The third-order valence-corrected chi connectivity index (χ3v) is 3.38. The summed E-state index contributed by atoms with van der Waals surface area (Å²) in [5.74, 6) is 1.09. The Labute approximate surface area is 100 Å². The van der Waals surface area contributed by atoms with Gasteiger partial charge >= 0.3 is 0 Å². The molecule has 0 spiro atoms. The minimum Gasteiger partial charge on any atom is -0.340 e. The number of alkyl halides is 1. The molecule has 4 nitrogen and oxygen atoms in total. The smallest absolute Gasteiger partial charge is 0.274 e. The fourth-order valence-corrected chi connectivity index (χ4v) is 2.31. The maximum atomic E-state index is 12.1. The second-order valence-corrected chi connectivity index (χ2v) is 4.65. The predicted molar refractivity (Wildman–Crippen MR) is 62.6 cm³/mol. The van der Waals surface area contributed by atoms with Gasteiger partial charge in [0.05, 0.1) is 6.33 Å². The number of carbonyl (C=O) groups excluding carboxylic acids is 1. The molecule has 16 heavy (non-hydrogen) atoms. The maximum Gasteiger partial charge on any atom is 0.274 e. The standard InChI is InChI=1S/C11H16ClN3O/c1-14-7-10(13-8-14)11(16)15-4-2-3-9(5-12)6-15/h7-9H,2-6H2,1H3. The van der Waals surface area contributed by atoms with E-state index in [2.05, 4.69) is 4.98 Å². The molecular weight excluding hydrogens is 226 g/mol. The molecule has 0 aliphatic carbocycles. The molecule has 1 aromatic heterocycles. The van der Waals surface area contributed by atoms with E-state index in [0.29, 0.717) is 17.5 Å². The Balaban J connectivity index is 2.04. The molecule has 88 valence electrons. The van der Waals surface area contributed by atoms with Gasteiger partial charge in [0, 0.05) is 32.2 Å². The van der Waals surface area contributed by atoms with Crippen LogP contribution < -0.4 is 0 Å². The molecule has 1 fully saturated rings. The van der Waals surface area contributed by atoms with Gasteiger partial charge in [0.15, 0.2) is 0 Å². The molecule has 0 aromatic carbocycles. The average molecular weight is 242 g/mol. The first-order chi connectivity index (χ1) is 7.70. The van der Waals surface area contributed by atoms with Crippen molar-refractivity contribution in [2.24, 2.45) is 13.0 Å². The highest BCUT2D eigenvalue weighted by Crippen LogP contribution is 2.19. The first kappa shape index (κ1) is 11.5. The van der Waals surface area contributed by atoms with Gasteiger partial charge in [-0.15, -0.1) is 11.6 Å². The van der Waals surface area contributed by atoms with Crippen LogP contribution in [-0.2, 0) is 7.05 Å². The monoisotopic (exact) mass is 241 g/mol. The van der Waals surface area contributed by atoms with Crippen LogP contribution >= 0.6 is 11.6 Å². The number of rotatable bonds is 2. The third kappa shape index (κ3) is 2.38. The van der Waals surface area contributed by atoms with Crippen molar-refractivity contribution >= 4 is 17.5 Å². The Bertz CT molecular complexity index is 377. The van der Waals surface area contributed by atoms with Gasteiger partial charge in [-0.25, -0.2) is 4.98 Å². The molecule has 1 unspecified atom stereocenters. The Morgan fingerprint density at radius 2 is 2.50 bits per heavy atom. The van der Waals surface area contributed by atoms with Gasteiger partial charge in [0.25, 0.3) is 5.91 Å². The Morgan fingerprint density at radius 1 is 1.69 bits per heavy atom. The van der Waals surface area contributed by atoms with Crippen LogP contribution in [0.2, 0.25) is 0 Å². The number of hydrogen-bond acceptors (Lipinski definition) is 2. The van der Waals surface area contributed by atoms with E-state index in [1.54, 1.807) is 17.1 Å². The molecule has 2 heterocycles. The van der Waals surface area contributed by atoms with E-state index < -0.39 is 0 Å². The van der Waals surface area contributed by atoms with Crippen molar-refractivity contribution in [3.8, 4) is 0 Å². The lowest BCUT2D eigenvalue weighted by atomic mass is 10.00.